The van der Waals surface area contributed by atoms with Gasteiger partial charge in [0.05, 0.1) is 23.5 Å². The topological polar surface area (TPSA) is 57.7 Å². The van der Waals surface area contributed by atoms with Crippen LogP contribution in [0.3, 0.4) is 0 Å². The molecule has 0 bridgehead atoms. The number of alkyl halides is 3. The van der Waals surface area contributed by atoms with Gasteiger partial charge >= 0.3 is 12.3 Å². The van der Waals surface area contributed by atoms with Crippen molar-refractivity contribution >= 4 is 28.6 Å². The summed E-state index contributed by atoms with van der Waals surface area (Å²) < 4.78 is 49.7. The van der Waals surface area contributed by atoms with Gasteiger partial charge in [-0.05, 0) is 29.5 Å². The van der Waals surface area contributed by atoms with E-state index >= 15 is 0 Å². The molecule has 0 spiro atoms. The predicted octanol–water partition coefficient (Wildman–Crippen LogP) is 2.77. The summed E-state index contributed by atoms with van der Waals surface area (Å²) in [7, 11) is 1.26. The molecule has 0 saturated carbocycles. The van der Waals surface area contributed by atoms with E-state index in [1.807, 2.05) is 0 Å². The summed E-state index contributed by atoms with van der Waals surface area (Å²) in [6, 6.07) is 0. The molecule has 0 aromatic carbocycles. The van der Waals surface area contributed by atoms with Crippen LogP contribution >= 0.6 is 22.6 Å². The first kappa shape index (κ1) is 15.8. The van der Waals surface area contributed by atoms with Crippen LogP contribution in [0.2, 0.25) is 0 Å². The number of aromatic nitrogens is 1. The minimum atomic E-state index is -4.90. The van der Waals surface area contributed by atoms with Crippen molar-refractivity contribution in [1.82, 2.24) is 4.98 Å². The molecule has 0 amide bonds. The molecule has 1 aromatic heterocycles. The molecule has 106 valence electrons. The minimum Gasteiger partial charge on any atom is -0.494 e. The average Bonchev–Trinajstić information content (AvgIpc) is 2.30. The van der Waals surface area contributed by atoms with E-state index in [9.17, 15) is 18.0 Å². The highest BCUT2D eigenvalue weighted by molar-refractivity contribution is 14.1. The van der Waals surface area contributed by atoms with Crippen molar-refractivity contribution in [3.05, 3.63) is 15.3 Å². The van der Waals surface area contributed by atoms with Crippen LogP contribution in [0.15, 0.2) is 6.20 Å². The summed E-state index contributed by atoms with van der Waals surface area (Å²) in [6.45, 7) is 1.65. The lowest BCUT2D eigenvalue weighted by Gasteiger charge is -2.14. The molecule has 0 unspecified atom stereocenters. The molecular formula is C10H9F3INO4. The highest BCUT2D eigenvalue weighted by atomic mass is 127. The fourth-order valence-corrected chi connectivity index (χ4v) is 1.92. The van der Waals surface area contributed by atoms with E-state index in [-0.39, 0.29) is 21.5 Å². The van der Waals surface area contributed by atoms with Gasteiger partial charge in [-0.1, -0.05) is 0 Å². The van der Waals surface area contributed by atoms with Crippen molar-refractivity contribution < 1.29 is 32.2 Å². The maximum Gasteiger partial charge on any atom is 0.574 e. The molecule has 0 fully saturated rings. The van der Waals surface area contributed by atoms with Gasteiger partial charge in [0.15, 0.2) is 5.75 Å². The zero-order valence-electron chi connectivity index (χ0n) is 9.88. The summed E-state index contributed by atoms with van der Waals surface area (Å²) in [4.78, 5) is 15.1. The Balaban J connectivity index is 3.25. The van der Waals surface area contributed by atoms with E-state index in [1.54, 1.807) is 6.92 Å². The molecule has 9 heteroatoms. The standard InChI is InChI=1S/C10H9F3INO4/c1-3-18-9(16)6-5(17-2)4-15-8(7(6)14)19-10(11,12)13/h4H,3H2,1-2H3. The number of pyridine rings is 1. The van der Waals surface area contributed by atoms with Crippen LogP contribution < -0.4 is 9.47 Å². The molecule has 5 nitrogen and oxygen atoms in total. The molecule has 0 aliphatic rings. The maximum absolute atomic E-state index is 12.2. The number of hydrogen-bond acceptors (Lipinski definition) is 5. The van der Waals surface area contributed by atoms with Crippen molar-refractivity contribution in [2.24, 2.45) is 0 Å². The van der Waals surface area contributed by atoms with Crippen LogP contribution in [0, 0.1) is 3.57 Å². The second-order valence-corrected chi connectivity index (χ2v) is 4.17. The molecule has 0 saturated heterocycles. The van der Waals surface area contributed by atoms with Crippen LogP contribution in [-0.2, 0) is 4.74 Å². The predicted molar refractivity (Wildman–Crippen MR) is 66.1 cm³/mol. The number of carbonyl (C=O) groups is 1. The minimum absolute atomic E-state index is 0.0115. The fraction of sp³-hybridized carbons (Fsp3) is 0.400. The Hall–Kier alpha value is -1.26. The van der Waals surface area contributed by atoms with E-state index in [0.29, 0.717) is 0 Å². The molecule has 0 aliphatic heterocycles. The molecule has 1 aromatic rings. The third kappa shape index (κ3) is 4.11. The van der Waals surface area contributed by atoms with E-state index in [2.05, 4.69) is 9.72 Å². The number of ether oxygens (including phenoxy) is 3. The Labute approximate surface area is 120 Å². The number of hydrogen-bond donors (Lipinski definition) is 0. The lowest BCUT2D eigenvalue weighted by molar-refractivity contribution is -0.276. The average molecular weight is 391 g/mol. The van der Waals surface area contributed by atoms with Gasteiger partial charge in [0.1, 0.15) is 5.56 Å². The maximum atomic E-state index is 12.2. The Bertz CT molecular complexity index is 479. The molecule has 0 N–H and O–H groups in total. The van der Waals surface area contributed by atoms with Crippen molar-refractivity contribution in [3.63, 3.8) is 0 Å². The van der Waals surface area contributed by atoms with E-state index < -0.39 is 18.2 Å². The van der Waals surface area contributed by atoms with E-state index in [0.717, 1.165) is 6.20 Å². The molecule has 19 heavy (non-hydrogen) atoms. The Morgan fingerprint density at radius 1 is 1.47 bits per heavy atom. The largest absolute Gasteiger partial charge is 0.574 e. The number of methoxy groups -OCH3 is 1. The zero-order chi connectivity index (χ0) is 14.6. The first-order valence-electron chi connectivity index (χ1n) is 4.95. The monoisotopic (exact) mass is 391 g/mol. The van der Waals surface area contributed by atoms with Gasteiger partial charge < -0.3 is 14.2 Å². The van der Waals surface area contributed by atoms with Crippen molar-refractivity contribution in [2.75, 3.05) is 13.7 Å². The quantitative estimate of drug-likeness (QED) is 0.584. The molecular weight excluding hydrogens is 382 g/mol. The van der Waals surface area contributed by atoms with Crippen LogP contribution in [0.1, 0.15) is 17.3 Å². The first-order valence-corrected chi connectivity index (χ1v) is 6.03. The van der Waals surface area contributed by atoms with Crippen LogP contribution in [0.4, 0.5) is 13.2 Å². The second kappa shape index (κ2) is 6.26. The third-order valence-corrected chi connectivity index (χ3v) is 2.87. The normalized spacial score (nSPS) is 11.1. The first-order chi connectivity index (χ1) is 8.80. The van der Waals surface area contributed by atoms with Crippen molar-refractivity contribution in [3.8, 4) is 11.6 Å². The lowest BCUT2D eigenvalue weighted by Crippen LogP contribution is -2.20. The number of halogens is 4. The highest BCUT2D eigenvalue weighted by Gasteiger charge is 2.34. The van der Waals surface area contributed by atoms with Crippen LogP contribution in [-0.4, -0.2) is 31.0 Å². The molecule has 0 radical (unpaired) electrons. The van der Waals surface area contributed by atoms with E-state index in [4.69, 9.17) is 9.47 Å². The molecule has 1 rings (SSSR count). The van der Waals surface area contributed by atoms with Crippen LogP contribution in [0.5, 0.6) is 11.6 Å². The Kier molecular flexibility index (Phi) is 5.20. The molecule has 1 heterocycles. The van der Waals surface area contributed by atoms with Gasteiger partial charge in [0, 0.05) is 0 Å². The van der Waals surface area contributed by atoms with Gasteiger partial charge in [-0.3, -0.25) is 0 Å². The summed E-state index contributed by atoms with van der Waals surface area (Å²) in [6.07, 6.45) is -3.93. The van der Waals surface area contributed by atoms with E-state index in [1.165, 1.54) is 29.7 Å². The summed E-state index contributed by atoms with van der Waals surface area (Å²) in [5.41, 5.74) is -0.154. The Morgan fingerprint density at radius 3 is 2.58 bits per heavy atom. The second-order valence-electron chi connectivity index (χ2n) is 3.09. The summed E-state index contributed by atoms with van der Waals surface area (Å²) in [5, 5.41) is 0. The molecule has 0 aliphatic carbocycles. The summed E-state index contributed by atoms with van der Waals surface area (Å²) in [5.74, 6) is -1.52. The highest BCUT2D eigenvalue weighted by Crippen LogP contribution is 2.33. The number of nitrogens with zero attached hydrogens (tertiary/aromatic N) is 1. The van der Waals surface area contributed by atoms with Gasteiger partial charge in [-0.25, -0.2) is 9.78 Å². The Morgan fingerprint density at radius 2 is 2.11 bits per heavy atom. The SMILES string of the molecule is CCOC(=O)c1c(OC)cnc(OC(F)(F)F)c1I. The van der Waals surface area contributed by atoms with Crippen molar-refractivity contribution in [2.45, 2.75) is 13.3 Å². The van der Waals surface area contributed by atoms with Gasteiger partial charge in [-0.15, -0.1) is 13.2 Å². The zero-order valence-corrected chi connectivity index (χ0v) is 12.0. The summed E-state index contributed by atoms with van der Waals surface area (Å²) >= 11 is 1.52. The lowest BCUT2D eigenvalue weighted by atomic mass is 10.2. The fourth-order valence-electron chi connectivity index (χ4n) is 1.18. The molecule has 0 atom stereocenters. The number of esters is 1. The van der Waals surface area contributed by atoms with Gasteiger partial charge in [-0.2, -0.15) is 0 Å². The van der Waals surface area contributed by atoms with Gasteiger partial charge in [0.2, 0.25) is 5.88 Å². The number of carbonyl (C=O) groups excluding carboxylic acids is 1. The smallest absolute Gasteiger partial charge is 0.494 e. The number of rotatable bonds is 4. The van der Waals surface area contributed by atoms with Gasteiger partial charge in [0.25, 0.3) is 0 Å². The van der Waals surface area contributed by atoms with Crippen LogP contribution in [0.25, 0.3) is 0 Å². The van der Waals surface area contributed by atoms with Crippen molar-refractivity contribution in [1.29, 1.82) is 0 Å². The third-order valence-electron chi connectivity index (χ3n) is 1.86.